The predicted octanol–water partition coefficient (Wildman–Crippen LogP) is 7.27. The molecule has 2 aromatic carbocycles. The number of benzene rings is 2. The van der Waals surface area contributed by atoms with Gasteiger partial charge in [0.25, 0.3) is 0 Å². The number of esters is 2. The van der Waals surface area contributed by atoms with Crippen molar-refractivity contribution in [3.05, 3.63) is 78.5 Å². The lowest BCUT2D eigenvalue weighted by Gasteiger charge is -2.23. The minimum absolute atomic E-state index is 0.0214. The van der Waals surface area contributed by atoms with Crippen molar-refractivity contribution in [3.63, 3.8) is 0 Å². The van der Waals surface area contributed by atoms with Crippen LogP contribution in [0.5, 0.6) is 0 Å². The molecule has 44 heavy (non-hydrogen) atoms. The van der Waals surface area contributed by atoms with E-state index in [0.29, 0.717) is 11.2 Å². The number of amides is 1. The van der Waals surface area contributed by atoms with E-state index in [0.717, 1.165) is 22.7 Å². The number of halogens is 3. The first-order valence-corrected chi connectivity index (χ1v) is 15.7. The molecule has 3 rings (SSSR count). The van der Waals surface area contributed by atoms with Crippen LogP contribution < -0.4 is 10.6 Å². The molecule has 0 bridgehead atoms. The van der Waals surface area contributed by atoms with Gasteiger partial charge in [0, 0.05) is 30.5 Å². The Hall–Kier alpha value is -3.31. The zero-order chi connectivity index (χ0) is 32.2. The van der Waals surface area contributed by atoms with Gasteiger partial charge in [0.05, 0.1) is 11.2 Å². The number of hydrogen-bond acceptors (Lipinski definition) is 8. The van der Waals surface area contributed by atoms with Gasteiger partial charge in [-0.15, -0.1) is 0 Å². The lowest BCUT2D eigenvalue weighted by atomic mass is 10.2. The second kappa shape index (κ2) is 16.7. The van der Waals surface area contributed by atoms with E-state index in [1.54, 1.807) is 39.1 Å². The van der Waals surface area contributed by atoms with E-state index < -0.39 is 27.4 Å². The number of nitrogens with zero attached hydrogens (tertiary/aromatic N) is 2. The third-order valence-corrected chi connectivity index (χ3v) is 6.87. The van der Waals surface area contributed by atoms with E-state index in [1.807, 2.05) is 54.6 Å². The van der Waals surface area contributed by atoms with E-state index in [-0.39, 0.29) is 36.3 Å². The van der Waals surface area contributed by atoms with Crippen LogP contribution in [-0.4, -0.2) is 49.5 Å². The van der Waals surface area contributed by atoms with Crippen molar-refractivity contribution < 1.29 is 23.9 Å². The maximum Gasteiger partial charge on any atom is 0.306 e. The Kier molecular flexibility index (Phi) is 13.3. The number of anilines is 1. The van der Waals surface area contributed by atoms with Crippen LogP contribution in [0, 0.1) is 0 Å². The van der Waals surface area contributed by atoms with Crippen LogP contribution in [0.3, 0.4) is 0 Å². The van der Waals surface area contributed by atoms with Crippen LogP contribution >= 0.6 is 46.6 Å². The van der Waals surface area contributed by atoms with Gasteiger partial charge in [0.2, 0.25) is 9.70 Å². The number of thioether (sulfide) groups is 1. The Morgan fingerprint density at radius 2 is 1.68 bits per heavy atom. The average molecular weight is 680 g/mol. The maximum atomic E-state index is 12.7. The van der Waals surface area contributed by atoms with Crippen LogP contribution in [-0.2, 0) is 23.9 Å². The molecule has 0 radical (unpaired) electrons. The smallest absolute Gasteiger partial charge is 0.306 e. The molecule has 9 nitrogen and oxygen atoms in total. The van der Waals surface area contributed by atoms with E-state index in [2.05, 4.69) is 20.6 Å². The number of rotatable bonds is 11. The number of carbonyl (C=O) groups excluding carboxylic acids is 3. The summed E-state index contributed by atoms with van der Waals surface area (Å²) in [6.07, 6.45) is 3.65. The number of nitrogens with one attached hydrogen (secondary N) is 2. The zero-order valence-corrected chi connectivity index (χ0v) is 27.5. The summed E-state index contributed by atoms with van der Waals surface area (Å²) in [4.78, 5) is 45.9. The number of alkyl halides is 3. The lowest BCUT2D eigenvalue weighted by Crippen LogP contribution is -2.42. The molecular formula is C31H33Cl3N4O5S. The summed E-state index contributed by atoms with van der Waals surface area (Å²) in [5.74, 6) is -1.59. The zero-order valence-electron chi connectivity index (χ0n) is 24.4. The van der Waals surface area contributed by atoms with Crippen LogP contribution in [0.2, 0.25) is 0 Å². The fourth-order valence-electron chi connectivity index (χ4n) is 3.64. The lowest BCUT2D eigenvalue weighted by molar-refractivity contribution is -0.155. The second-order valence-corrected chi connectivity index (χ2v) is 13.6. The summed E-state index contributed by atoms with van der Waals surface area (Å²) in [7, 11) is 0. The van der Waals surface area contributed by atoms with Gasteiger partial charge in [-0.3, -0.25) is 19.4 Å². The molecule has 3 aromatic rings. The van der Waals surface area contributed by atoms with E-state index >= 15 is 0 Å². The molecule has 0 saturated heterocycles. The van der Waals surface area contributed by atoms with Crippen molar-refractivity contribution in [1.29, 1.82) is 0 Å². The largest absolute Gasteiger partial charge is 0.460 e. The molecule has 1 atom stereocenters. The number of aromatic nitrogens is 1. The number of hydrogen-bond donors (Lipinski definition) is 2. The van der Waals surface area contributed by atoms with Gasteiger partial charge in [-0.05, 0) is 62.7 Å². The summed E-state index contributed by atoms with van der Waals surface area (Å²) in [6, 6.07) is 18.5. The highest BCUT2D eigenvalue weighted by molar-refractivity contribution is 8.14. The molecule has 0 spiro atoms. The Morgan fingerprint density at radius 3 is 2.39 bits per heavy atom. The quantitative estimate of drug-likeness (QED) is 0.0542. The molecule has 2 N–H and O–H groups in total. The number of carbonyl (C=O) groups is 3. The molecule has 13 heteroatoms. The van der Waals surface area contributed by atoms with Crippen molar-refractivity contribution in [2.24, 2.45) is 4.99 Å². The third kappa shape index (κ3) is 12.7. The van der Waals surface area contributed by atoms with Crippen LogP contribution in [0.15, 0.2) is 77.9 Å². The number of para-hydroxylation sites is 1. The first-order chi connectivity index (χ1) is 20.8. The van der Waals surface area contributed by atoms with Crippen molar-refractivity contribution in [1.82, 2.24) is 10.3 Å². The summed E-state index contributed by atoms with van der Waals surface area (Å²) in [5, 5.41) is 6.83. The van der Waals surface area contributed by atoms with E-state index in [1.165, 1.54) is 6.08 Å². The van der Waals surface area contributed by atoms with Gasteiger partial charge in [-0.1, -0.05) is 83.3 Å². The maximum absolute atomic E-state index is 12.7. The van der Waals surface area contributed by atoms with Crippen molar-refractivity contribution in [3.8, 4) is 0 Å². The molecule has 0 saturated carbocycles. The molecular weight excluding hydrogens is 647 g/mol. The molecule has 0 aliphatic heterocycles. The van der Waals surface area contributed by atoms with E-state index in [9.17, 15) is 14.4 Å². The average Bonchev–Trinajstić information content (AvgIpc) is 2.95. The van der Waals surface area contributed by atoms with Gasteiger partial charge in [-0.2, -0.15) is 0 Å². The normalized spacial score (nSPS) is 13.0. The van der Waals surface area contributed by atoms with Crippen molar-refractivity contribution in [2.45, 2.75) is 55.6 Å². The SMILES string of the molecule is CC(C)(C)OC(=O)CCCC(=O)OCSC(=NC(NC(=O)/C=C/c1ccccc1)C(Cl)(Cl)Cl)Nc1cccc2cccnc12. The van der Waals surface area contributed by atoms with Crippen molar-refractivity contribution in [2.75, 3.05) is 11.3 Å². The van der Waals surface area contributed by atoms with Gasteiger partial charge < -0.3 is 20.1 Å². The monoisotopic (exact) mass is 678 g/mol. The second-order valence-electron chi connectivity index (χ2n) is 10.4. The highest BCUT2D eigenvalue weighted by Crippen LogP contribution is 2.32. The molecule has 1 aromatic heterocycles. The minimum Gasteiger partial charge on any atom is -0.460 e. The van der Waals surface area contributed by atoms with Gasteiger partial charge in [-0.25, -0.2) is 4.99 Å². The Balaban J connectivity index is 1.73. The molecule has 1 amide bonds. The fourth-order valence-corrected chi connectivity index (χ4v) is 4.62. The molecule has 1 heterocycles. The first-order valence-electron chi connectivity index (χ1n) is 13.6. The van der Waals surface area contributed by atoms with E-state index in [4.69, 9.17) is 44.3 Å². The minimum atomic E-state index is -2.03. The first kappa shape index (κ1) is 35.2. The van der Waals surface area contributed by atoms with Gasteiger partial charge >= 0.3 is 11.9 Å². The summed E-state index contributed by atoms with van der Waals surface area (Å²) >= 11 is 19.7. The van der Waals surface area contributed by atoms with Crippen LogP contribution in [0.4, 0.5) is 5.69 Å². The molecule has 0 aliphatic rings. The van der Waals surface area contributed by atoms with Crippen LogP contribution in [0.25, 0.3) is 17.0 Å². The Morgan fingerprint density at radius 1 is 0.977 bits per heavy atom. The third-order valence-electron chi connectivity index (χ3n) is 5.53. The van der Waals surface area contributed by atoms with Gasteiger partial charge in [0.15, 0.2) is 11.3 Å². The predicted molar refractivity (Wildman–Crippen MR) is 179 cm³/mol. The summed E-state index contributed by atoms with van der Waals surface area (Å²) in [6.45, 7) is 5.33. The standard InChI is InChI=1S/C31H33Cl3N4O5S/c1-30(2,3)43-26(41)16-8-15-25(40)42-20-44-29(36-23-14-7-12-22-13-9-19-35-27(22)23)38-28(31(32,33)34)37-24(39)18-17-21-10-5-4-6-11-21/h4-7,9-14,17-19,28H,8,15-16,20H2,1-3H3,(H,36,38)(H,37,39)/b18-17+. The highest BCUT2D eigenvalue weighted by atomic mass is 35.6. The van der Waals surface area contributed by atoms with Crippen LogP contribution in [0.1, 0.15) is 45.6 Å². The Bertz CT molecular complexity index is 1490. The molecule has 0 fully saturated rings. The molecule has 0 aliphatic carbocycles. The summed E-state index contributed by atoms with van der Waals surface area (Å²) in [5.41, 5.74) is 1.46. The number of amidine groups is 1. The topological polar surface area (TPSA) is 119 Å². The fraction of sp³-hybridized carbons (Fsp3) is 0.323. The Labute approximate surface area is 275 Å². The molecule has 234 valence electrons. The van der Waals surface area contributed by atoms with Gasteiger partial charge in [0.1, 0.15) is 11.5 Å². The number of aliphatic imine (C=N–C) groups is 1. The number of ether oxygens (including phenoxy) is 2. The van der Waals surface area contributed by atoms with Crippen molar-refractivity contribution >= 4 is 92.2 Å². The summed E-state index contributed by atoms with van der Waals surface area (Å²) < 4.78 is 8.58. The number of pyridine rings is 1. The molecule has 1 unspecified atom stereocenters. The highest BCUT2D eigenvalue weighted by Gasteiger charge is 2.34. The number of fused-ring (bicyclic) bond motifs is 1.